The number of benzene rings is 1. The van der Waals surface area contributed by atoms with Crippen molar-refractivity contribution >= 4 is 17.6 Å². The van der Waals surface area contributed by atoms with Gasteiger partial charge < -0.3 is 10.2 Å². The van der Waals surface area contributed by atoms with Crippen LogP contribution < -0.4 is 5.32 Å². The fourth-order valence-electron chi connectivity index (χ4n) is 4.42. The van der Waals surface area contributed by atoms with Crippen LogP contribution in [0, 0.1) is 11.7 Å². The molecule has 184 valence electrons. The van der Waals surface area contributed by atoms with E-state index >= 15 is 0 Å². The largest absolute Gasteiger partial charge is 0.345 e. The molecule has 1 unspecified atom stereocenters. The van der Waals surface area contributed by atoms with Crippen molar-refractivity contribution in [3.8, 4) is 0 Å². The Hall–Kier alpha value is -2.24. The molecule has 33 heavy (non-hydrogen) atoms. The lowest BCUT2D eigenvalue weighted by Crippen LogP contribution is -2.40. The van der Waals surface area contributed by atoms with Gasteiger partial charge in [-0.25, -0.2) is 4.39 Å². The molecule has 1 N–H and O–H groups in total. The normalized spacial score (nSPS) is 19.9. The smallest absolute Gasteiger partial charge is 0.254 e. The lowest BCUT2D eigenvalue weighted by Gasteiger charge is -2.33. The molecule has 1 aromatic carbocycles. The fraction of sp³-hybridized carbons (Fsp3) is 0.667. The summed E-state index contributed by atoms with van der Waals surface area (Å²) in [4.78, 5) is 37.2. The topological polar surface area (TPSA) is 66.5 Å². The number of hydrogen-bond acceptors (Lipinski definition) is 3. The molecule has 1 saturated heterocycles. The maximum Gasteiger partial charge on any atom is 0.254 e. The maximum absolute atomic E-state index is 14.9. The number of nitrogens with one attached hydrogen (secondary N) is 1. The third-order valence-corrected chi connectivity index (χ3v) is 6.37. The van der Waals surface area contributed by atoms with Crippen LogP contribution in [0.4, 0.5) is 4.39 Å². The van der Waals surface area contributed by atoms with E-state index in [9.17, 15) is 18.8 Å². The molecule has 4 rings (SSSR count). The highest BCUT2D eigenvalue weighted by atomic mass is 19.1. The van der Waals surface area contributed by atoms with Crippen molar-refractivity contribution in [2.24, 2.45) is 5.92 Å². The fourth-order valence-corrected chi connectivity index (χ4v) is 4.42. The van der Waals surface area contributed by atoms with Gasteiger partial charge in [-0.1, -0.05) is 64.5 Å². The van der Waals surface area contributed by atoms with Gasteiger partial charge >= 0.3 is 0 Å². The molecule has 2 aliphatic carbocycles. The van der Waals surface area contributed by atoms with Crippen molar-refractivity contribution in [2.45, 2.75) is 90.9 Å². The number of carbonyl (C=O) groups is 3. The van der Waals surface area contributed by atoms with E-state index in [2.05, 4.69) is 5.32 Å². The van der Waals surface area contributed by atoms with E-state index in [4.69, 9.17) is 0 Å². The van der Waals surface area contributed by atoms with Gasteiger partial charge in [-0.05, 0) is 44.2 Å². The van der Waals surface area contributed by atoms with Crippen molar-refractivity contribution < 1.29 is 18.8 Å². The highest BCUT2D eigenvalue weighted by Gasteiger charge is 2.36. The third kappa shape index (κ3) is 8.56. The summed E-state index contributed by atoms with van der Waals surface area (Å²) >= 11 is 0. The second-order valence-electron chi connectivity index (χ2n) is 9.11. The van der Waals surface area contributed by atoms with Crippen LogP contribution in [0.15, 0.2) is 18.2 Å². The number of Topliss-reactive ketones (excluding diaryl/α,β-unsaturated/α-hetero) is 1. The first-order chi connectivity index (χ1) is 16.0. The molecule has 0 radical (unpaired) electrons. The number of amides is 2. The molecule has 3 aliphatic rings. The Kier molecular flexibility index (Phi) is 11.6. The van der Waals surface area contributed by atoms with Crippen LogP contribution in [-0.4, -0.2) is 42.1 Å². The predicted molar refractivity (Wildman–Crippen MR) is 130 cm³/mol. The molecular weight excluding hydrogens is 419 g/mol. The van der Waals surface area contributed by atoms with Crippen LogP contribution in [0.2, 0.25) is 0 Å². The number of nitrogens with zero attached hydrogens (tertiary/aromatic N) is 1. The van der Waals surface area contributed by atoms with Gasteiger partial charge in [-0.2, -0.15) is 0 Å². The van der Waals surface area contributed by atoms with Crippen molar-refractivity contribution in [2.75, 3.05) is 19.6 Å². The van der Waals surface area contributed by atoms with E-state index in [1.807, 2.05) is 18.7 Å². The SMILES string of the molecule is C1CCCCC1.CC.CC(=O)CNC(=O)c1cccc(C2CCCN(C(=O)C3CC3)C2)c1F. The minimum atomic E-state index is -0.587. The first-order valence-corrected chi connectivity index (χ1v) is 12.8. The summed E-state index contributed by atoms with van der Waals surface area (Å²) in [6.45, 7) is 6.48. The Balaban J connectivity index is 0.000000411. The molecule has 2 saturated carbocycles. The zero-order valence-electron chi connectivity index (χ0n) is 20.6. The summed E-state index contributed by atoms with van der Waals surface area (Å²) in [5, 5.41) is 2.43. The van der Waals surface area contributed by atoms with Crippen LogP contribution in [0.3, 0.4) is 0 Å². The van der Waals surface area contributed by atoms with Gasteiger partial charge in [0.05, 0.1) is 12.1 Å². The molecule has 1 aromatic rings. The van der Waals surface area contributed by atoms with Crippen LogP contribution in [0.25, 0.3) is 0 Å². The lowest BCUT2D eigenvalue weighted by atomic mass is 9.89. The number of halogens is 1. The zero-order chi connectivity index (χ0) is 24.2. The number of hydrogen-bond donors (Lipinski definition) is 1. The number of rotatable bonds is 5. The van der Waals surface area contributed by atoms with Gasteiger partial charge in [0.15, 0.2) is 0 Å². The molecule has 1 heterocycles. The van der Waals surface area contributed by atoms with Gasteiger partial charge in [0.1, 0.15) is 11.6 Å². The number of ketones is 1. The first-order valence-electron chi connectivity index (χ1n) is 12.8. The molecular formula is C27H41FN2O3. The van der Waals surface area contributed by atoms with Gasteiger partial charge in [-0.3, -0.25) is 14.4 Å². The summed E-state index contributed by atoms with van der Waals surface area (Å²) in [7, 11) is 0. The summed E-state index contributed by atoms with van der Waals surface area (Å²) < 4.78 is 14.9. The maximum atomic E-state index is 14.9. The second-order valence-corrected chi connectivity index (χ2v) is 9.11. The quantitative estimate of drug-likeness (QED) is 0.619. The average molecular weight is 461 g/mol. The first kappa shape index (κ1) is 27.0. The summed E-state index contributed by atoms with van der Waals surface area (Å²) in [6, 6.07) is 4.76. The Morgan fingerprint density at radius 2 is 1.58 bits per heavy atom. The van der Waals surface area contributed by atoms with Crippen LogP contribution >= 0.6 is 0 Å². The summed E-state index contributed by atoms with van der Waals surface area (Å²) in [5.41, 5.74) is 0.424. The number of likely N-dealkylation sites (tertiary alicyclic amines) is 1. The van der Waals surface area contributed by atoms with Gasteiger partial charge in [0, 0.05) is 24.9 Å². The zero-order valence-corrected chi connectivity index (χ0v) is 20.6. The molecule has 3 fully saturated rings. The molecule has 5 nitrogen and oxygen atoms in total. The Morgan fingerprint density at radius 1 is 0.970 bits per heavy atom. The van der Waals surface area contributed by atoms with Gasteiger partial charge in [0.25, 0.3) is 5.91 Å². The Bertz CT molecular complexity index is 776. The summed E-state index contributed by atoms with van der Waals surface area (Å²) in [6.07, 6.45) is 12.5. The second kappa shape index (κ2) is 14.1. The molecule has 0 aromatic heterocycles. The van der Waals surface area contributed by atoms with Crippen LogP contribution in [0.1, 0.15) is 107 Å². The van der Waals surface area contributed by atoms with E-state index in [0.29, 0.717) is 12.1 Å². The Labute approximate surface area is 198 Å². The predicted octanol–water partition coefficient (Wildman–Crippen LogP) is 5.63. The van der Waals surface area contributed by atoms with E-state index < -0.39 is 11.7 Å². The number of piperidine rings is 1. The van der Waals surface area contributed by atoms with Crippen molar-refractivity contribution in [3.63, 3.8) is 0 Å². The Morgan fingerprint density at radius 3 is 2.12 bits per heavy atom. The van der Waals surface area contributed by atoms with E-state index in [1.54, 1.807) is 12.1 Å². The standard InChI is InChI=1S/C19H23FN2O3.C6H12.C2H6/c1-12(23)10-21-18(24)16-6-2-5-15(17(16)20)14-4-3-9-22(11-14)19(25)13-7-8-13;1-2-4-6-5-3-1;1-2/h2,5-6,13-14H,3-4,7-11H2,1H3,(H,21,24);1-6H2;1-2H3. The average Bonchev–Trinajstić information content (AvgIpc) is 3.71. The van der Waals surface area contributed by atoms with Gasteiger partial charge in [0.2, 0.25) is 5.91 Å². The highest BCUT2D eigenvalue weighted by Crippen LogP contribution is 2.35. The van der Waals surface area contributed by atoms with Crippen LogP contribution in [-0.2, 0) is 9.59 Å². The lowest BCUT2D eigenvalue weighted by molar-refractivity contribution is -0.133. The molecule has 6 heteroatoms. The molecule has 0 spiro atoms. The van der Waals surface area contributed by atoms with E-state index in [1.165, 1.54) is 51.5 Å². The minimum absolute atomic E-state index is 0.0515. The third-order valence-electron chi connectivity index (χ3n) is 6.37. The van der Waals surface area contributed by atoms with Crippen LogP contribution in [0.5, 0.6) is 0 Å². The van der Waals surface area contributed by atoms with Crippen molar-refractivity contribution in [1.82, 2.24) is 10.2 Å². The summed E-state index contributed by atoms with van der Waals surface area (Å²) in [5.74, 6) is -1.08. The minimum Gasteiger partial charge on any atom is -0.345 e. The number of carbonyl (C=O) groups excluding carboxylic acids is 3. The molecule has 1 aliphatic heterocycles. The highest BCUT2D eigenvalue weighted by molar-refractivity contribution is 5.96. The van der Waals surface area contributed by atoms with Crippen molar-refractivity contribution in [1.29, 1.82) is 0 Å². The molecule has 2 amide bonds. The monoisotopic (exact) mass is 460 g/mol. The van der Waals surface area contributed by atoms with Gasteiger partial charge in [-0.15, -0.1) is 0 Å². The van der Waals surface area contributed by atoms with E-state index in [0.717, 1.165) is 32.2 Å². The van der Waals surface area contributed by atoms with Crippen molar-refractivity contribution in [3.05, 3.63) is 35.1 Å². The molecule has 0 bridgehead atoms. The van der Waals surface area contributed by atoms with E-state index in [-0.39, 0.29) is 35.6 Å². The molecule has 1 atom stereocenters.